The zero-order valence-corrected chi connectivity index (χ0v) is 30.0. The highest BCUT2D eigenvalue weighted by atomic mass is 16.5. The molecule has 0 saturated carbocycles. The van der Waals surface area contributed by atoms with Crippen LogP contribution in [-0.2, 0) is 10.8 Å². The molecule has 0 saturated heterocycles. The summed E-state index contributed by atoms with van der Waals surface area (Å²) in [5.41, 5.74) is 16.5. The summed E-state index contributed by atoms with van der Waals surface area (Å²) >= 11 is 0. The van der Waals surface area contributed by atoms with E-state index in [0.29, 0.717) is 0 Å². The summed E-state index contributed by atoms with van der Waals surface area (Å²) < 4.78 is 6.85. The highest BCUT2D eigenvalue weighted by molar-refractivity contribution is 6.01. The molecule has 256 valence electrons. The summed E-state index contributed by atoms with van der Waals surface area (Å²) in [6.07, 6.45) is 0. The molecule has 9 aromatic carbocycles. The molecule has 1 atom stereocenters. The number of hydrogen-bond donors (Lipinski definition) is 0. The Hall–Kier alpha value is -6.96. The largest absolute Gasteiger partial charge is 0.457 e. The molecular formula is C54H34O. The Morgan fingerprint density at radius 1 is 0.309 bits per heavy atom. The first kappa shape index (κ1) is 30.5. The van der Waals surface area contributed by atoms with Gasteiger partial charge in [-0.25, -0.2) is 0 Å². The maximum absolute atomic E-state index is 6.85. The van der Waals surface area contributed by atoms with Crippen LogP contribution in [0.3, 0.4) is 0 Å². The van der Waals surface area contributed by atoms with Crippen LogP contribution >= 0.6 is 0 Å². The van der Waals surface area contributed by atoms with Gasteiger partial charge >= 0.3 is 0 Å². The van der Waals surface area contributed by atoms with E-state index in [4.69, 9.17) is 4.74 Å². The molecule has 0 aromatic heterocycles. The van der Waals surface area contributed by atoms with Crippen LogP contribution in [0, 0.1) is 0 Å². The normalized spacial score (nSPS) is 16.4. The van der Waals surface area contributed by atoms with Gasteiger partial charge in [0.05, 0.1) is 10.8 Å². The highest BCUT2D eigenvalue weighted by Crippen LogP contribution is 2.63. The SMILES string of the molecule is c1ccc(C2(c3ccccc3-c3ccc4c(c3)C3(c5ccccc5O4)c4ccccc4-c4ccccc43)c3ccccc3-c3ccc4ccccc4c32)cc1. The van der Waals surface area contributed by atoms with Crippen LogP contribution in [0.4, 0.5) is 0 Å². The van der Waals surface area contributed by atoms with Crippen molar-refractivity contribution in [2.24, 2.45) is 0 Å². The van der Waals surface area contributed by atoms with Gasteiger partial charge in [0.1, 0.15) is 11.5 Å². The van der Waals surface area contributed by atoms with Gasteiger partial charge in [0.25, 0.3) is 0 Å². The van der Waals surface area contributed by atoms with Crippen LogP contribution in [0.25, 0.3) is 44.2 Å². The van der Waals surface area contributed by atoms with Crippen molar-refractivity contribution < 1.29 is 4.74 Å². The number of rotatable bonds is 3. The smallest absolute Gasteiger partial charge is 0.132 e. The molecule has 1 heteroatoms. The van der Waals surface area contributed by atoms with Gasteiger partial charge in [-0.1, -0.05) is 188 Å². The third kappa shape index (κ3) is 3.87. The van der Waals surface area contributed by atoms with Gasteiger partial charge in [-0.2, -0.15) is 0 Å². The lowest BCUT2D eigenvalue weighted by Gasteiger charge is -2.40. The van der Waals surface area contributed by atoms with Crippen molar-refractivity contribution in [2.45, 2.75) is 10.8 Å². The molecule has 1 heterocycles. The summed E-state index contributed by atoms with van der Waals surface area (Å²) in [6.45, 7) is 0. The Kier molecular flexibility index (Phi) is 6.25. The van der Waals surface area contributed by atoms with Crippen LogP contribution in [0.15, 0.2) is 206 Å². The first-order chi connectivity index (χ1) is 27.3. The maximum Gasteiger partial charge on any atom is 0.132 e. The molecule has 1 unspecified atom stereocenters. The van der Waals surface area contributed by atoms with Crippen molar-refractivity contribution >= 4 is 10.8 Å². The molecule has 9 aromatic rings. The lowest BCUT2D eigenvalue weighted by molar-refractivity contribution is 0.436. The minimum absolute atomic E-state index is 0.539. The van der Waals surface area contributed by atoms with E-state index >= 15 is 0 Å². The molecule has 12 rings (SSSR count). The van der Waals surface area contributed by atoms with Crippen molar-refractivity contribution in [3.05, 3.63) is 251 Å². The molecule has 1 aliphatic heterocycles. The maximum atomic E-state index is 6.85. The number of para-hydroxylation sites is 1. The first-order valence-corrected chi connectivity index (χ1v) is 19.2. The van der Waals surface area contributed by atoms with Crippen molar-refractivity contribution in [3.8, 4) is 44.9 Å². The van der Waals surface area contributed by atoms with Gasteiger partial charge in [-0.15, -0.1) is 0 Å². The van der Waals surface area contributed by atoms with Crippen LogP contribution in [-0.4, -0.2) is 0 Å². The highest BCUT2D eigenvalue weighted by Gasteiger charge is 2.52. The summed E-state index contributed by atoms with van der Waals surface area (Å²) in [5.74, 6) is 1.80. The number of ether oxygens (including phenoxy) is 1. The Morgan fingerprint density at radius 2 is 0.818 bits per heavy atom. The number of benzene rings is 9. The molecule has 2 aliphatic carbocycles. The summed E-state index contributed by atoms with van der Waals surface area (Å²) in [5, 5.41) is 2.53. The fourth-order valence-electron chi connectivity index (χ4n) is 10.6. The van der Waals surface area contributed by atoms with E-state index in [0.717, 1.165) is 11.5 Å². The predicted octanol–water partition coefficient (Wildman–Crippen LogP) is 13.3. The molecule has 1 spiro atoms. The van der Waals surface area contributed by atoms with E-state index in [2.05, 4.69) is 206 Å². The van der Waals surface area contributed by atoms with Crippen molar-refractivity contribution in [1.29, 1.82) is 0 Å². The lowest BCUT2D eigenvalue weighted by Crippen LogP contribution is -2.32. The Labute approximate surface area is 320 Å². The van der Waals surface area contributed by atoms with Gasteiger partial charge < -0.3 is 4.74 Å². The molecule has 0 radical (unpaired) electrons. The van der Waals surface area contributed by atoms with E-state index in [-0.39, 0.29) is 0 Å². The lowest BCUT2D eigenvalue weighted by atomic mass is 9.64. The van der Waals surface area contributed by atoms with Gasteiger partial charge in [0.2, 0.25) is 0 Å². The zero-order valence-electron chi connectivity index (χ0n) is 30.0. The minimum atomic E-state index is -0.576. The van der Waals surface area contributed by atoms with Crippen LogP contribution in [0.5, 0.6) is 11.5 Å². The van der Waals surface area contributed by atoms with E-state index in [1.165, 1.54) is 88.7 Å². The molecule has 0 bridgehead atoms. The molecule has 1 nitrogen and oxygen atoms in total. The van der Waals surface area contributed by atoms with Crippen molar-refractivity contribution in [3.63, 3.8) is 0 Å². The number of hydrogen-bond acceptors (Lipinski definition) is 1. The molecule has 3 aliphatic rings. The van der Waals surface area contributed by atoms with E-state index in [1.807, 2.05) is 0 Å². The van der Waals surface area contributed by atoms with Crippen molar-refractivity contribution in [1.82, 2.24) is 0 Å². The first-order valence-electron chi connectivity index (χ1n) is 19.2. The minimum Gasteiger partial charge on any atom is -0.457 e. The van der Waals surface area contributed by atoms with Crippen LogP contribution in [0.1, 0.15) is 44.5 Å². The summed E-state index contributed by atoms with van der Waals surface area (Å²) in [7, 11) is 0. The van der Waals surface area contributed by atoms with Gasteiger partial charge in [0, 0.05) is 11.1 Å². The summed E-state index contributed by atoms with van der Waals surface area (Å²) in [4.78, 5) is 0. The molecule has 0 N–H and O–H groups in total. The van der Waals surface area contributed by atoms with Crippen LogP contribution < -0.4 is 4.74 Å². The second-order valence-electron chi connectivity index (χ2n) is 15.1. The molecular weight excluding hydrogens is 665 g/mol. The molecule has 55 heavy (non-hydrogen) atoms. The third-order valence-corrected chi connectivity index (χ3v) is 12.6. The van der Waals surface area contributed by atoms with E-state index in [1.54, 1.807) is 0 Å². The summed E-state index contributed by atoms with van der Waals surface area (Å²) in [6, 6.07) is 76.3. The average molecular weight is 699 g/mol. The second kappa shape index (κ2) is 11.3. The Balaban J connectivity index is 1.19. The van der Waals surface area contributed by atoms with Gasteiger partial charge in [0.15, 0.2) is 0 Å². The van der Waals surface area contributed by atoms with E-state index in [9.17, 15) is 0 Å². The van der Waals surface area contributed by atoms with E-state index < -0.39 is 10.8 Å². The predicted molar refractivity (Wildman–Crippen MR) is 224 cm³/mol. The molecule has 0 amide bonds. The van der Waals surface area contributed by atoms with Gasteiger partial charge in [-0.05, 0) is 95.7 Å². The quantitative estimate of drug-likeness (QED) is 0.178. The Morgan fingerprint density at radius 3 is 1.53 bits per heavy atom. The monoisotopic (exact) mass is 698 g/mol. The fraction of sp³-hybridized carbons (Fsp3) is 0.0370. The van der Waals surface area contributed by atoms with Crippen LogP contribution in [0.2, 0.25) is 0 Å². The topological polar surface area (TPSA) is 9.23 Å². The van der Waals surface area contributed by atoms with Crippen molar-refractivity contribution in [2.75, 3.05) is 0 Å². The van der Waals surface area contributed by atoms with Gasteiger partial charge in [-0.3, -0.25) is 0 Å². The Bertz CT molecular complexity index is 2980. The molecule has 0 fully saturated rings. The number of fused-ring (bicyclic) bond motifs is 14. The fourth-order valence-corrected chi connectivity index (χ4v) is 10.6. The third-order valence-electron chi connectivity index (χ3n) is 12.6. The zero-order chi connectivity index (χ0) is 36.1. The second-order valence-corrected chi connectivity index (χ2v) is 15.1. The average Bonchev–Trinajstić information content (AvgIpc) is 3.73. The standard InChI is InChI=1S/C54H34O/c1-2-17-37(18-3-1)53(45-25-11-9-23-42(45)43-32-30-35-16-4-5-20-39(35)52(43)53)44-24-10-6-19-38(44)36-31-33-51-49(34-36)54(48-28-14-15-29-50(48)55-51)46-26-12-7-21-40(46)41-22-8-13-27-47(41)54/h1-34H.